The fourth-order valence-corrected chi connectivity index (χ4v) is 0.996. The van der Waals surface area contributed by atoms with E-state index in [4.69, 9.17) is 6.85 Å². The lowest BCUT2D eigenvalue weighted by Crippen LogP contribution is -2.29. The van der Waals surface area contributed by atoms with Crippen LogP contribution in [0.5, 0.6) is 0 Å². The van der Waals surface area contributed by atoms with E-state index >= 15 is 0 Å². The summed E-state index contributed by atoms with van der Waals surface area (Å²) in [4.78, 5) is 12.8. The molecule has 0 atom stereocenters. The maximum atomic E-state index is 11.6. The van der Waals surface area contributed by atoms with E-state index in [0.29, 0.717) is 5.57 Å². The molecule has 0 aromatic heterocycles. The number of hydrogen-bond acceptors (Lipinski definition) is 1. The Kier molecular flexibility index (Phi) is 1.76. The quantitative estimate of drug-likeness (QED) is 0.677. The van der Waals surface area contributed by atoms with Crippen molar-refractivity contribution in [2.75, 3.05) is 11.4 Å². The van der Waals surface area contributed by atoms with Gasteiger partial charge in [-0.05, 0) is 19.0 Å². The Morgan fingerprint density at radius 2 is 2.00 bits per heavy atom. The highest BCUT2D eigenvalue weighted by Crippen LogP contribution is 2.14. The Hall–Kier alpha value is -1.57. The molecule has 1 rings (SSSR count). The molecule has 0 spiro atoms. The second-order valence-corrected chi connectivity index (χ2v) is 3.04. The molecule has 0 aliphatic rings. The van der Waals surface area contributed by atoms with E-state index in [1.54, 1.807) is 6.92 Å². The molecule has 0 radical (unpaired) electrons. The van der Waals surface area contributed by atoms with E-state index in [1.165, 1.54) is 6.92 Å². The largest absolute Gasteiger partial charge is 0.309 e. The van der Waals surface area contributed by atoms with Crippen molar-refractivity contribution in [3.8, 4) is 0 Å². The first-order chi connectivity index (χ1) is 8.68. The number of nitrogens with zero attached hydrogens (tertiary/aromatic N) is 1. The fraction of sp³-hybridized carbons (Fsp3) is 0.250. The van der Waals surface area contributed by atoms with Crippen LogP contribution in [-0.2, 0) is 4.79 Å². The van der Waals surface area contributed by atoms with Gasteiger partial charge in [-0.3, -0.25) is 4.79 Å². The Labute approximate surface area is 91.9 Å². The SMILES string of the molecule is [2H]c1c([2H])c([2H])c(N(CC(=C)C)C(C)=O)c([2H])c1[2H]. The van der Waals surface area contributed by atoms with Crippen LogP contribution in [0.4, 0.5) is 5.69 Å². The van der Waals surface area contributed by atoms with Crippen LogP contribution in [0, 0.1) is 0 Å². The van der Waals surface area contributed by atoms with Gasteiger partial charge in [0.15, 0.2) is 0 Å². The van der Waals surface area contributed by atoms with Crippen LogP contribution in [0.2, 0.25) is 0 Å². The van der Waals surface area contributed by atoms with Crippen molar-refractivity contribution in [1.29, 1.82) is 0 Å². The highest BCUT2D eigenvalue weighted by molar-refractivity contribution is 5.91. The van der Waals surface area contributed by atoms with Crippen molar-refractivity contribution in [3.05, 3.63) is 42.4 Å². The van der Waals surface area contributed by atoms with Gasteiger partial charge in [-0.1, -0.05) is 30.3 Å². The second-order valence-electron chi connectivity index (χ2n) is 3.04. The number of carbonyl (C=O) groups excluding carboxylic acids is 1. The summed E-state index contributed by atoms with van der Waals surface area (Å²) in [7, 11) is 0. The molecule has 0 unspecified atom stereocenters. The smallest absolute Gasteiger partial charge is 0.224 e. The summed E-state index contributed by atoms with van der Waals surface area (Å²) in [5.74, 6) is -0.401. The van der Waals surface area contributed by atoms with Gasteiger partial charge in [0.1, 0.15) is 0 Å². The van der Waals surface area contributed by atoms with E-state index in [2.05, 4.69) is 6.58 Å². The molecule has 0 saturated heterocycles. The molecule has 1 aromatic carbocycles. The zero-order valence-corrected chi connectivity index (χ0v) is 8.27. The molecule has 0 bridgehead atoms. The van der Waals surface area contributed by atoms with Gasteiger partial charge in [0.2, 0.25) is 5.91 Å². The minimum atomic E-state index is -0.474. The number of anilines is 1. The summed E-state index contributed by atoms with van der Waals surface area (Å²) in [5.41, 5.74) is 0.545. The van der Waals surface area contributed by atoms with Gasteiger partial charge in [0.25, 0.3) is 0 Å². The van der Waals surface area contributed by atoms with Crippen LogP contribution in [-0.4, -0.2) is 12.5 Å². The lowest BCUT2D eigenvalue weighted by atomic mass is 10.2. The third-order valence-electron chi connectivity index (χ3n) is 1.56. The first-order valence-electron chi connectivity index (χ1n) is 6.67. The second kappa shape index (κ2) is 4.61. The van der Waals surface area contributed by atoms with Gasteiger partial charge in [-0.25, -0.2) is 0 Å². The third kappa shape index (κ3) is 2.73. The fourth-order valence-electron chi connectivity index (χ4n) is 0.996. The number of hydrogen-bond donors (Lipinski definition) is 0. The van der Waals surface area contributed by atoms with Gasteiger partial charge in [-0.15, -0.1) is 0 Å². The highest BCUT2D eigenvalue weighted by Gasteiger charge is 2.09. The van der Waals surface area contributed by atoms with Crippen molar-refractivity contribution in [1.82, 2.24) is 0 Å². The molecule has 0 N–H and O–H groups in total. The lowest BCUT2D eigenvalue weighted by Gasteiger charge is -2.20. The van der Waals surface area contributed by atoms with Crippen molar-refractivity contribution in [2.45, 2.75) is 13.8 Å². The van der Waals surface area contributed by atoms with Gasteiger partial charge in [0, 0.05) is 19.2 Å². The highest BCUT2D eigenvalue weighted by atomic mass is 16.2. The Bertz CT molecular complexity index is 527. The van der Waals surface area contributed by atoms with Crippen LogP contribution >= 0.6 is 0 Å². The summed E-state index contributed by atoms with van der Waals surface area (Å²) >= 11 is 0. The molecule has 0 fully saturated rings. The van der Waals surface area contributed by atoms with Crippen molar-refractivity contribution in [3.63, 3.8) is 0 Å². The van der Waals surface area contributed by atoms with Crippen LogP contribution < -0.4 is 4.90 Å². The minimum Gasteiger partial charge on any atom is -0.309 e. The topological polar surface area (TPSA) is 20.3 Å². The summed E-state index contributed by atoms with van der Waals surface area (Å²) in [6.45, 7) is 6.77. The zero-order valence-electron chi connectivity index (χ0n) is 13.3. The van der Waals surface area contributed by atoms with Crippen LogP contribution in [0.15, 0.2) is 42.4 Å². The van der Waals surface area contributed by atoms with Crippen molar-refractivity contribution >= 4 is 11.6 Å². The maximum absolute atomic E-state index is 11.6. The van der Waals surface area contributed by atoms with E-state index in [0.717, 1.165) is 4.90 Å². The number of amides is 1. The first kappa shape index (κ1) is 5.35. The van der Waals surface area contributed by atoms with Gasteiger partial charge >= 0.3 is 0 Å². The molecular formula is C12H15NO. The van der Waals surface area contributed by atoms with Crippen LogP contribution in [0.3, 0.4) is 0 Å². The molecule has 0 saturated carbocycles. The lowest BCUT2D eigenvalue weighted by molar-refractivity contribution is -0.116. The van der Waals surface area contributed by atoms with Gasteiger partial charge in [-0.2, -0.15) is 0 Å². The van der Waals surface area contributed by atoms with E-state index in [1.807, 2.05) is 0 Å². The number of para-hydroxylation sites is 1. The van der Waals surface area contributed by atoms with Crippen LogP contribution in [0.25, 0.3) is 0 Å². The molecule has 74 valence electrons. The van der Waals surface area contributed by atoms with Gasteiger partial charge < -0.3 is 4.90 Å². The van der Waals surface area contributed by atoms with E-state index in [9.17, 15) is 4.79 Å². The maximum Gasteiger partial charge on any atom is 0.224 e. The number of carbonyl (C=O) groups is 1. The predicted molar refractivity (Wildman–Crippen MR) is 59.3 cm³/mol. The standard InChI is InChI=1S/C12H15NO/c1-10(2)9-13(11(3)14)12-7-5-4-6-8-12/h4-8H,1,9H2,2-3H3/i4D,5D,6D,7D,8D. The third-order valence-corrected chi connectivity index (χ3v) is 1.56. The molecule has 14 heavy (non-hydrogen) atoms. The molecule has 2 heteroatoms. The molecule has 0 aliphatic carbocycles. The number of benzene rings is 1. The molecular weight excluding hydrogens is 174 g/mol. The average molecular weight is 194 g/mol. The monoisotopic (exact) mass is 194 g/mol. The Morgan fingerprint density at radius 3 is 2.43 bits per heavy atom. The summed E-state index contributed by atoms with van der Waals surface area (Å²) < 4.78 is 38.3. The summed E-state index contributed by atoms with van der Waals surface area (Å²) in [6, 6.07) is -2.16. The number of rotatable bonds is 3. The molecule has 0 heterocycles. The molecule has 1 aromatic rings. The Balaban J connectivity index is 3.55. The Morgan fingerprint density at radius 1 is 1.43 bits per heavy atom. The molecule has 2 nitrogen and oxygen atoms in total. The molecule has 1 amide bonds. The predicted octanol–water partition coefficient (Wildman–Crippen LogP) is 2.62. The van der Waals surface area contributed by atoms with Gasteiger partial charge in [0.05, 0.1) is 6.85 Å². The minimum absolute atomic E-state index is 0.110. The average Bonchev–Trinajstić information content (AvgIpc) is 2.32. The van der Waals surface area contributed by atoms with Crippen LogP contribution in [0.1, 0.15) is 20.7 Å². The normalized spacial score (nSPS) is 14.6. The summed E-state index contributed by atoms with van der Waals surface area (Å²) in [5, 5.41) is 0. The van der Waals surface area contributed by atoms with E-state index in [-0.39, 0.29) is 24.3 Å². The molecule has 0 aliphatic heterocycles. The van der Waals surface area contributed by atoms with Crippen molar-refractivity contribution in [2.24, 2.45) is 0 Å². The summed E-state index contributed by atoms with van der Waals surface area (Å²) in [6.07, 6.45) is 0. The zero-order chi connectivity index (χ0) is 14.9. The van der Waals surface area contributed by atoms with Crippen molar-refractivity contribution < 1.29 is 11.6 Å². The first-order valence-corrected chi connectivity index (χ1v) is 4.17. The van der Waals surface area contributed by atoms with E-state index < -0.39 is 24.0 Å².